The van der Waals surface area contributed by atoms with Crippen LogP contribution in [-0.2, 0) is 11.2 Å². The lowest BCUT2D eigenvalue weighted by molar-refractivity contribution is -0.157. The van der Waals surface area contributed by atoms with Gasteiger partial charge < -0.3 is 15.5 Å². The van der Waals surface area contributed by atoms with E-state index >= 15 is 0 Å². The fourth-order valence-electron chi connectivity index (χ4n) is 2.13. The van der Waals surface area contributed by atoms with Crippen LogP contribution >= 0.6 is 35.3 Å². The first kappa shape index (κ1) is 25.0. The van der Waals surface area contributed by atoms with Crippen molar-refractivity contribution in [2.75, 3.05) is 26.7 Å². The average molecular weight is 506 g/mol. The van der Waals surface area contributed by atoms with E-state index < -0.39 is 18.6 Å². The number of hydrogen-bond donors (Lipinski definition) is 2. The van der Waals surface area contributed by atoms with Gasteiger partial charge in [-0.2, -0.15) is 13.2 Å². The summed E-state index contributed by atoms with van der Waals surface area (Å²) in [6, 6.07) is 4.19. The number of amides is 1. The number of guanidine groups is 1. The molecule has 1 aromatic rings. The second kappa shape index (κ2) is 11.6. The summed E-state index contributed by atoms with van der Waals surface area (Å²) in [5.41, 5.74) is 0. The molecule has 0 radical (unpaired) electrons. The Morgan fingerprint density at radius 3 is 2.54 bits per heavy atom. The quantitative estimate of drug-likeness (QED) is 0.340. The predicted molar refractivity (Wildman–Crippen MR) is 110 cm³/mol. The van der Waals surface area contributed by atoms with Crippen molar-refractivity contribution < 1.29 is 18.0 Å². The predicted octanol–water partition coefficient (Wildman–Crippen LogP) is 3.18. The molecule has 26 heavy (non-hydrogen) atoms. The SMILES string of the molecule is CCNC(=NCC(=O)N(C)CC(F)(F)F)NC(C)Cc1ccc(C)s1.I. The van der Waals surface area contributed by atoms with Crippen molar-refractivity contribution in [3.8, 4) is 0 Å². The Balaban J connectivity index is 0.00000625. The molecule has 1 amide bonds. The standard InChI is InChI=1S/C16H25F3N4OS.HI/c1-5-20-15(21-9-14(24)23(4)10-16(17,18)19)22-11(2)8-13-7-6-12(3)25-13;/h6-7,11H,5,8-10H2,1-4H3,(H2,20,21,22);1H. The van der Waals surface area contributed by atoms with E-state index in [4.69, 9.17) is 0 Å². The van der Waals surface area contributed by atoms with E-state index in [1.54, 1.807) is 11.3 Å². The Hall–Kier alpha value is -1.04. The molecular weight excluding hydrogens is 480 g/mol. The van der Waals surface area contributed by atoms with Crippen LogP contribution in [0.5, 0.6) is 0 Å². The van der Waals surface area contributed by atoms with Crippen molar-refractivity contribution in [2.45, 2.75) is 39.4 Å². The highest BCUT2D eigenvalue weighted by Crippen LogP contribution is 2.17. The maximum absolute atomic E-state index is 12.3. The summed E-state index contributed by atoms with van der Waals surface area (Å²) in [5, 5.41) is 6.17. The van der Waals surface area contributed by atoms with E-state index in [-0.39, 0.29) is 36.6 Å². The van der Waals surface area contributed by atoms with E-state index in [2.05, 4.69) is 27.8 Å². The zero-order chi connectivity index (χ0) is 19.0. The summed E-state index contributed by atoms with van der Waals surface area (Å²) in [6.45, 7) is 4.87. The Kier molecular flexibility index (Phi) is 11.2. The third kappa shape index (κ3) is 10.2. The molecule has 10 heteroatoms. The van der Waals surface area contributed by atoms with Crippen LogP contribution in [0.4, 0.5) is 13.2 Å². The molecule has 1 heterocycles. The molecule has 1 atom stereocenters. The third-order valence-electron chi connectivity index (χ3n) is 3.25. The second-order valence-corrected chi connectivity index (χ2v) is 7.19. The van der Waals surface area contributed by atoms with Crippen molar-refractivity contribution in [1.29, 1.82) is 0 Å². The lowest BCUT2D eigenvalue weighted by Gasteiger charge is -2.19. The zero-order valence-corrected chi connectivity index (χ0v) is 18.5. The van der Waals surface area contributed by atoms with Crippen molar-refractivity contribution in [3.05, 3.63) is 21.9 Å². The van der Waals surface area contributed by atoms with Gasteiger partial charge in [0.05, 0.1) is 0 Å². The van der Waals surface area contributed by atoms with Crippen molar-refractivity contribution in [2.24, 2.45) is 4.99 Å². The fourth-order valence-corrected chi connectivity index (χ4v) is 3.14. The summed E-state index contributed by atoms with van der Waals surface area (Å²) in [4.78, 5) is 19.0. The number of aliphatic imine (C=N–C) groups is 1. The summed E-state index contributed by atoms with van der Waals surface area (Å²) in [5.74, 6) is -0.270. The average Bonchev–Trinajstić information content (AvgIpc) is 2.87. The van der Waals surface area contributed by atoms with Gasteiger partial charge >= 0.3 is 6.18 Å². The van der Waals surface area contributed by atoms with Crippen LogP contribution in [0.3, 0.4) is 0 Å². The molecule has 0 spiro atoms. The Morgan fingerprint density at radius 1 is 1.38 bits per heavy atom. The van der Waals surface area contributed by atoms with Gasteiger partial charge in [0, 0.05) is 35.8 Å². The molecule has 0 aromatic carbocycles. The number of likely N-dealkylation sites (N-methyl/N-ethyl adjacent to an activating group) is 1. The minimum atomic E-state index is -4.41. The van der Waals surface area contributed by atoms with Gasteiger partial charge in [0.1, 0.15) is 13.1 Å². The molecule has 0 aliphatic rings. The number of aryl methyl sites for hydroxylation is 1. The summed E-state index contributed by atoms with van der Waals surface area (Å²) < 4.78 is 36.9. The molecule has 0 fully saturated rings. The molecule has 0 saturated carbocycles. The number of thiophene rings is 1. The van der Waals surface area contributed by atoms with Gasteiger partial charge in [0.25, 0.3) is 0 Å². The molecule has 1 aromatic heterocycles. The topological polar surface area (TPSA) is 56.7 Å². The third-order valence-corrected chi connectivity index (χ3v) is 4.27. The van der Waals surface area contributed by atoms with Crippen LogP contribution in [-0.4, -0.2) is 55.7 Å². The van der Waals surface area contributed by atoms with Gasteiger partial charge in [-0.1, -0.05) is 0 Å². The van der Waals surface area contributed by atoms with E-state index in [9.17, 15) is 18.0 Å². The number of halogens is 4. The van der Waals surface area contributed by atoms with Gasteiger partial charge in [-0.05, 0) is 32.9 Å². The second-order valence-electron chi connectivity index (χ2n) is 5.82. The molecule has 0 aliphatic carbocycles. The van der Waals surface area contributed by atoms with Crippen molar-refractivity contribution in [1.82, 2.24) is 15.5 Å². The molecule has 150 valence electrons. The lowest BCUT2D eigenvalue weighted by atomic mass is 10.2. The first-order valence-corrected chi connectivity index (χ1v) is 8.83. The molecule has 1 unspecified atom stereocenters. The highest BCUT2D eigenvalue weighted by atomic mass is 127. The molecule has 0 saturated heterocycles. The first-order chi connectivity index (χ1) is 11.6. The van der Waals surface area contributed by atoms with E-state index in [0.717, 1.165) is 13.5 Å². The van der Waals surface area contributed by atoms with E-state index in [0.29, 0.717) is 17.4 Å². The lowest BCUT2D eigenvalue weighted by Crippen LogP contribution is -2.44. The number of carbonyl (C=O) groups is 1. The number of nitrogens with one attached hydrogen (secondary N) is 2. The minimum absolute atomic E-state index is 0. The maximum atomic E-state index is 12.3. The maximum Gasteiger partial charge on any atom is 0.406 e. The number of rotatable bonds is 7. The molecule has 2 N–H and O–H groups in total. The van der Waals surface area contributed by atoms with Crippen LogP contribution in [0.2, 0.25) is 0 Å². The van der Waals surface area contributed by atoms with E-state index in [1.165, 1.54) is 9.75 Å². The normalized spacial score (nSPS) is 13.0. The highest BCUT2D eigenvalue weighted by molar-refractivity contribution is 14.0. The van der Waals surface area contributed by atoms with Gasteiger partial charge in [-0.3, -0.25) is 4.79 Å². The molecular formula is C16H26F3IN4OS. The van der Waals surface area contributed by atoms with Gasteiger partial charge in [0.2, 0.25) is 5.91 Å². The van der Waals surface area contributed by atoms with Crippen LogP contribution in [0.15, 0.2) is 17.1 Å². The molecule has 1 rings (SSSR count). The smallest absolute Gasteiger partial charge is 0.357 e. The van der Waals surface area contributed by atoms with Crippen molar-refractivity contribution in [3.63, 3.8) is 0 Å². The Bertz CT molecular complexity index is 592. The van der Waals surface area contributed by atoms with Crippen LogP contribution in [0, 0.1) is 6.92 Å². The number of alkyl halides is 3. The molecule has 0 bridgehead atoms. The summed E-state index contributed by atoms with van der Waals surface area (Å²) >= 11 is 1.72. The Labute approximate surface area is 173 Å². The molecule has 5 nitrogen and oxygen atoms in total. The largest absolute Gasteiger partial charge is 0.406 e. The van der Waals surface area contributed by atoms with Gasteiger partial charge in [0.15, 0.2) is 5.96 Å². The highest BCUT2D eigenvalue weighted by Gasteiger charge is 2.31. The van der Waals surface area contributed by atoms with Gasteiger partial charge in [-0.25, -0.2) is 4.99 Å². The van der Waals surface area contributed by atoms with E-state index in [1.807, 2.05) is 20.8 Å². The summed E-state index contributed by atoms with van der Waals surface area (Å²) in [6.07, 6.45) is -3.62. The zero-order valence-electron chi connectivity index (χ0n) is 15.3. The van der Waals surface area contributed by atoms with Crippen LogP contribution in [0.25, 0.3) is 0 Å². The van der Waals surface area contributed by atoms with Crippen molar-refractivity contribution >= 4 is 47.2 Å². The summed E-state index contributed by atoms with van der Waals surface area (Å²) in [7, 11) is 1.12. The first-order valence-electron chi connectivity index (χ1n) is 8.01. The Morgan fingerprint density at radius 2 is 2.04 bits per heavy atom. The monoisotopic (exact) mass is 506 g/mol. The number of hydrogen-bond acceptors (Lipinski definition) is 3. The van der Waals surface area contributed by atoms with Crippen LogP contribution < -0.4 is 10.6 Å². The number of nitrogens with zero attached hydrogens (tertiary/aromatic N) is 2. The minimum Gasteiger partial charge on any atom is -0.357 e. The fraction of sp³-hybridized carbons (Fsp3) is 0.625. The molecule has 0 aliphatic heterocycles. The van der Waals surface area contributed by atoms with Gasteiger partial charge in [-0.15, -0.1) is 35.3 Å². The van der Waals surface area contributed by atoms with Crippen LogP contribution in [0.1, 0.15) is 23.6 Å². The number of carbonyl (C=O) groups excluding carboxylic acids is 1.